The van der Waals surface area contributed by atoms with Gasteiger partial charge in [0.2, 0.25) is 0 Å². The molecule has 1 amide bonds. The summed E-state index contributed by atoms with van der Waals surface area (Å²) in [6.07, 6.45) is 3.77. The molecule has 158 valence electrons. The van der Waals surface area contributed by atoms with Crippen LogP contribution >= 0.6 is 0 Å². The molecule has 12 heteroatoms. The second-order valence-corrected chi connectivity index (χ2v) is 8.38. The van der Waals surface area contributed by atoms with Crippen LogP contribution in [0.4, 0.5) is 11.4 Å². The largest absolute Gasteiger partial charge is 0.398 e. The van der Waals surface area contributed by atoms with E-state index in [-0.39, 0.29) is 30.1 Å². The number of benzene rings is 1. The van der Waals surface area contributed by atoms with Crippen molar-refractivity contribution >= 4 is 38.7 Å². The lowest BCUT2D eigenvalue weighted by Gasteiger charge is -2.16. The van der Waals surface area contributed by atoms with Gasteiger partial charge >= 0.3 is 10.2 Å². The number of carbonyl (C=O) groups excluding carboxylic acids is 1. The van der Waals surface area contributed by atoms with Crippen LogP contribution in [-0.4, -0.2) is 41.5 Å². The molecular weight excluding hydrogens is 410 g/mol. The summed E-state index contributed by atoms with van der Waals surface area (Å²) in [4.78, 5) is 20.7. The second kappa shape index (κ2) is 7.89. The van der Waals surface area contributed by atoms with E-state index >= 15 is 0 Å². The van der Waals surface area contributed by atoms with Gasteiger partial charge in [0.05, 0.1) is 23.7 Å². The highest BCUT2D eigenvalue weighted by Gasteiger charge is 2.29. The molecular formula is C18H21N7O4S. The third-order valence-electron chi connectivity index (χ3n) is 4.82. The average Bonchev–Trinajstić information content (AvgIpc) is 3.34. The second-order valence-electron chi connectivity index (χ2n) is 6.88. The van der Waals surface area contributed by atoms with Gasteiger partial charge in [0.25, 0.3) is 5.91 Å². The van der Waals surface area contributed by atoms with Crippen molar-refractivity contribution < 1.29 is 17.9 Å². The third-order valence-corrected chi connectivity index (χ3v) is 5.82. The Labute approximate surface area is 172 Å². The first-order valence-electron chi connectivity index (χ1n) is 9.23. The zero-order chi connectivity index (χ0) is 21.3. The van der Waals surface area contributed by atoms with Crippen molar-refractivity contribution in [2.75, 3.05) is 18.0 Å². The molecule has 1 aromatic carbocycles. The summed E-state index contributed by atoms with van der Waals surface area (Å²) in [5, 5.41) is 0. The molecule has 0 bridgehead atoms. The van der Waals surface area contributed by atoms with E-state index in [9.17, 15) is 13.2 Å². The fourth-order valence-electron chi connectivity index (χ4n) is 3.33. The fraction of sp³-hybridized carbons (Fsp3) is 0.278. The molecule has 2 aromatic heterocycles. The van der Waals surface area contributed by atoms with Crippen molar-refractivity contribution in [2.45, 2.75) is 25.2 Å². The van der Waals surface area contributed by atoms with Gasteiger partial charge in [-0.1, -0.05) is 12.1 Å². The molecule has 3 aromatic rings. The maximum absolute atomic E-state index is 12.2. The summed E-state index contributed by atoms with van der Waals surface area (Å²) in [6, 6.07) is 7.88. The van der Waals surface area contributed by atoms with E-state index in [1.165, 1.54) is 12.1 Å². The topological polar surface area (TPSA) is 167 Å². The Balaban J connectivity index is 1.36. The van der Waals surface area contributed by atoms with Crippen LogP contribution in [0.2, 0.25) is 0 Å². The average molecular weight is 431 g/mol. The monoisotopic (exact) mass is 431 g/mol. The van der Waals surface area contributed by atoms with Gasteiger partial charge in [0.15, 0.2) is 5.65 Å². The minimum Gasteiger partial charge on any atom is -0.398 e. The van der Waals surface area contributed by atoms with Crippen LogP contribution in [0, 0.1) is 0 Å². The molecule has 4 rings (SSSR count). The van der Waals surface area contributed by atoms with Crippen molar-refractivity contribution in [1.29, 1.82) is 0 Å². The summed E-state index contributed by atoms with van der Waals surface area (Å²) in [5.41, 5.74) is 13.6. The van der Waals surface area contributed by atoms with Gasteiger partial charge in [0.1, 0.15) is 11.7 Å². The quantitative estimate of drug-likeness (QED) is 0.410. The molecule has 0 unspecified atom stereocenters. The van der Waals surface area contributed by atoms with Crippen molar-refractivity contribution in [1.82, 2.24) is 24.0 Å². The van der Waals surface area contributed by atoms with E-state index in [2.05, 4.69) is 14.7 Å². The van der Waals surface area contributed by atoms with E-state index in [1.807, 2.05) is 4.72 Å². The maximum Gasteiger partial charge on any atom is 0.301 e. The molecule has 3 heterocycles. The number of nitrogens with zero attached hydrogens (tertiary/aromatic N) is 3. The van der Waals surface area contributed by atoms with Crippen LogP contribution in [0.5, 0.6) is 0 Å². The number of nitrogens with two attached hydrogens (primary N) is 2. The highest BCUT2D eigenvalue weighted by molar-refractivity contribution is 7.88. The Morgan fingerprint density at radius 2 is 1.97 bits per heavy atom. The SMILES string of the molecule is Nc1ccccc1C(=O)NS(=O)(=O)NC[C@@H]1CC[C@H](n2cnc3c(N)ccnc32)O1. The number of amides is 1. The molecule has 6 N–H and O–H groups in total. The molecule has 11 nitrogen and oxygen atoms in total. The number of carbonyl (C=O) groups is 1. The normalized spacial score (nSPS) is 19.2. The van der Waals surface area contributed by atoms with Crippen molar-refractivity contribution in [2.24, 2.45) is 0 Å². The minimum atomic E-state index is -4.08. The van der Waals surface area contributed by atoms with Gasteiger partial charge in [0, 0.05) is 18.4 Å². The molecule has 0 spiro atoms. The molecule has 1 aliphatic rings. The van der Waals surface area contributed by atoms with Gasteiger partial charge in [-0.05, 0) is 31.0 Å². The number of para-hydroxylation sites is 1. The van der Waals surface area contributed by atoms with Crippen molar-refractivity contribution in [3.05, 3.63) is 48.4 Å². The number of imidazole rings is 1. The van der Waals surface area contributed by atoms with Gasteiger partial charge in [-0.3, -0.25) is 9.36 Å². The number of anilines is 2. The predicted octanol–water partition coefficient (Wildman–Crippen LogP) is 0.538. The summed E-state index contributed by atoms with van der Waals surface area (Å²) < 4.78 is 36.5. The first-order valence-corrected chi connectivity index (χ1v) is 10.7. The molecule has 0 radical (unpaired) electrons. The number of nitrogens with one attached hydrogen (secondary N) is 2. The Bertz CT molecular complexity index is 1190. The maximum atomic E-state index is 12.2. The zero-order valence-electron chi connectivity index (χ0n) is 15.9. The van der Waals surface area contributed by atoms with Crippen molar-refractivity contribution in [3.8, 4) is 0 Å². The fourth-order valence-corrected chi connectivity index (χ4v) is 4.16. The number of fused-ring (bicyclic) bond motifs is 1. The first kappa shape index (κ1) is 20.1. The van der Waals surface area contributed by atoms with E-state index < -0.39 is 16.1 Å². The first-order chi connectivity index (χ1) is 14.3. The van der Waals surface area contributed by atoms with E-state index in [0.717, 1.165) is 0 Å². The Hall–Kier alpha value is -3.22. The number of rotatable bonds is 6. The highest BCUT2D eigenvalue weighted by atomic mass is 32.2. The zero-order valence-corrected chi connectivity index (χ0v) is 16.7. The lowest BCUT2D eigenvalue weighted by atomic mass is 10.2. The lowest BCUT2D eigenvalue weighted by Crippen LogP contribution is -2.43. The third kappa shape index (κ3) is 4.06. The predicted molar refractivity (Wildman–Crippen MR) is 110 cm³/mol. The van der Waals surface area contributed by atoms with E-state index in [0.29, 0.717) is 29.7 Å². The van der Waals surface area contributed by atoms with Crippen LogP contribution in [0.15, 0.2) is 42.9 Å². The van der Waals surface area contributed by atoms with Crippen LogP contribution in [0.1, 0.15) is 29.4 Å². The van der Waals surface area contributed by atoms with Gasteiger partial charge in [-0.15, -0.1) is 0 Å². The standard InChI is InChI=1S/C18H21N7O4S/c19-13-4-2-1-3-12(13)18(26)24-30(27,28)23-9-11-5-6-15(29-11)25-10-22-16-14(20)7-8-21-17(16)25/h1-4,7-8,10-11,15,23H,5-6,9,19H2,(H2,20,21)(H,24,26)/t11-,15+/m0/s1. The number of hydrogen-bond acceptors (Lipinski definition) is 8. The van der Waals surface area contributed by atoms with Gasteiger partial charge in [-0.2, -0.15) is 13.1 Å². The number of ether oxygens (including phenoxy) is 1. The van der Waals surface area contributed by atoms with Gasteiger partial charge in [-0.25, -0.2) is 14.7 Å². The van der Waals surface area contributed by atoms with E-state index in [1.54, 1.807) is 35.3 Å². The number of hydrogen-bond donors (Lipinski definition) is 4. The van der Waals surface area contributed by atoms with Crippen LogP contribution in [0.25, 0.3) is 11.2 Å². The minimum absolute atomic E-state index is 0.00554. The number of aromatic nitrogens is 3. The number of pyridine rings is 1. The van der Waals surface area contributed by atoms with Crippen LogP contribution in [-0.2, 0) is 14.9 Å². The Morgan fingerprint density at radius 1 is 1.17 bits per heavy atom. The number of nitrogen functional groups attached to an aromatic ring is 2. The molecule has 1 fully saturated rings. The molecule has 0 saturated carbocycles. The summed E-state index contributed by atoms with van der Waals surface area (Å²) >= 11 is 0. The van der Waals surface area contributed by atoms with Crippen LogP contribution < -0.4 is 20.9 Å². The van der Waals surface area contributed by atoms with Crippen LogP contribution in [0.3, 0.4) is 0 Å². The molecule has 30 heavy (non-hydrogen) atoms. The molecule has 2 atom stereocenters. The van der Waals surface area contributed by atoms with Crippen molar-refractivity contribution in [3.63, 3.8) is 0 Å². The Morgan fingerprint density at radius 3 is 2.77 bits per heavy atom. The van der Waals surface area contributed by atoms with Gasteiger partial charge < -0.3 is 16.2 Å². The smallest absolute Gasteiger partial charge is 0.301 e. The molecule has 1 saturated heterocycles. The highest BCUT2D eigenvalue weighted by Crippen LogP contribution is 2.31. The lowest BCUT2D eigenvalue weighted by molar-refractivity contribution is 0.00707. The summed E-state index contributed by atoms with van der Waals surface area (Å²) in [6.45, 7) is 0.00554. The summed E-state index contributed by atoms with van der Waals surface area (Å²) in [5.74, 6) is -0.806. The van der Waals surface area contributed by atoms with E-state index in [4.69, 9.17) is 16.2 Å². The summed E-state index contributed by atoms with van der Waals surface area (Å²) in [7, 11) is -4.08. The Kier molecular flexibility index (Phi) is 5.28. The molecule has 1 aliphatic heterocycles. The molecule has 0 aliphatic carbocycles.